The first-order valence-corrected chi connectivity index (χ1v) is 5.75. The number of benzene rings is 1. The van der Waals surface area contributed by atoms with Gasteiger partial charge in [0, 0.05) is 29.4 Å². The highest BCUT2D eigenvalue weighted by molar-refractivity contribution is 5.64. The molecule has 2 atom stereocenters. The number of hydrogen-bond acceptors (Lipinski definition) is 3. The quantitative estimate of drug-likeness (QED) is 0.825. The van der Waals surface area contributed by atoms with E-state index in [4.69, 9.17) is 5.73 Å². The van der Waals surface area contributed by atoms with Crippen molar-refractivity contribution in [3.8, 4) is 16.9 Å². The average Bonchev–Trinajstić information content (AvgIpc) is 3.07. The molecule has 2 aromatic rings. The van der Waals surface area contributed by atoms with Gasteiger partial charge in [-0.15, -0.1) is 0 Å². The van der Waals surface area contributed by atoms with E-state index in [2.05, 4.69) is 4.98 Å². The molecular formula is C14H14N2O. The van der Waals surface area contributed by atoms with E-state index in [1.165, 1.54) is 0 Å². The Morgan fingerprint density at radius 1 is 1.18 bits per heavy atom. The molecule has 3 rings (SSSR count). The van der Waals surface area contributed by atoms with Crippen molar-refractivity contribution in [1.82, 2.24) is 4.98 Å². The molecule has 1 aliphatic carbocycles. The van der Waals surface area contributed by atoms with Crippen LogP contribution in [0.25, 0.3) is 11.1 Å². The van der Waals surface area contributed by atoms with Crippen LogP contribution in [0.1, 0.15) is 18.0 Å². The summed E-state index contributed by atoms with van der Waals surface area (Å²) in [5.41, 5.74) is 8.85. The summed E-state index contributed by atoms with van der Waals surface area (Å²) in [5.74, 6) is 0.712. The molecule has 3 N–H and O–H groups in total. The molecular weight excluding hydrogens is 212 g/mol. The molecule has 1 aliphatic rings. The van der Waals surface area contributed by atoms with Crippen LogP contribution in [-0.4, -0.2) is 16.1 Å². The summed E-state index contributed by atoms with van der Waals surface area (Å²) in [6.07, 6.45) is 2.88. The van der Waals surface area contributed by atoms with Gasteiger partial charge in [-0.05, 0) is 30.2 Å². The van der Waals surface area contributed by atoms with Gasteiger partial charge in [-0.1, -0.05) is 18.2 Å². The largest absolute Gasteiger partial charge is 0.508 e. The minimum absolute atomic E-state index is 0.274. The fourth-order valence-corrected chi connectivity index (χ4v) is 2.04. The number of pyridine rings is 1. The molecule has 1 aromatic heterocycles. The number of phenols is 1. The number of rotatable bonds is 2. The lowest BCUT2D eigenvalue weighted by molar-refractivity contribution is 0.475. The Hall–Kier alpha value is -1.87. The summed E-state index contributed by atoms with van der Waals surface area (Å²) >= 11 is 0. The zero-order valence-electron chi connectivity index (χ0n) is 9.38. The third kappa shape index (κ3) is 2.01. The van der Waals surface area contributed by atoms with E-state index >= 15 is 0 Å². The minimum Gasteiger partial charge on any atom is -0.508 e. The van der Waals surface area contributed by atoms with Gasteiger partial charge in [0.1, 0.15) is 5.75 Å². The highest BCUT2D eigenvalue weighted by Crippen LogP contribution is 2.38. The van der Waals surface area contributed by atoms with Crippen molar-refractivity contribution in [2.75, 3.05) is 0 Å². The summed E-state index contributed by atoms with van der Waals surface area (Å²) in [6, 6.07) is 11.5. The van der Waals surface area contributed by atoms with Gasteiger partial charge in [-0.3, -0.25) is 4.98 Å². The predicted octanol–water partition coefficient (Wildman–Crippen LogP) is 2.27. The van der Waals surface area contributed by atoms with Crippen LogP contribution < -0.4 is 5.73 Å². The molecule has 0 unspecified atom stereocenters. The van der Waals surface area contributed by atoms with Crippen molar-refractivity contribution in [2.24, 2.45) is 5.73 Å². The predicted molar refractivity (Wildman–Crippen MR) is 66.7 cm³/mol. The molecule has 0 radical (unpaired) electrons. The summed E-state index contributed by atoms with van der Waals surface area (Å²) in [6.45, 7) is 0. The topological polar surface area (TPSA) is 59.1 Å². The Kier molecular flexibility index (Phi) is 2.34. The molecule has 0 saturated heterocycles. The SMILES string of the molecule is N[C@H]1C[C@@H]1c1ccc(-c2cccc(O)c2)cn1. The number of nitrogens with zero attached hydrogens (tertiary/aromatic N) is 1. The maximum Gasteiger partial charge on any atom is 0.116 e. The van der Waals surface area contributed by atoms with Crippen LogP contribution in [0.3, 0.4) is 0 Å². The van der Waals surface area contributed by atoms with Crippen LogP contribution in [0.2, 0.25) is 0 Å². The molecule has 1 heterocycles. The Morgan fingerprint density at radius 3 is 2.59 bits per heavy atom. The lowest BCUT2D eigenvalue weighted by Gasteiger charge is -2.03. The van der Waals surface area contributed by atoms with E-state index < -0.39 is 0 Å². The molecule has 0 spiro atoms. The smallest absolute Gasteiger partial charge is 0.116 e. The maximum atomic E-state index is 9.42. The monoisotopic (exact) mass is 226 g/mol. The van der Waals surface area contributed by atoms with Gasteiger partial charge in [0.05, 0.1) is 0 Å². The molecule has 17 heavy (non-hydrogen) atoms. The van der Waals surface area contributed by atoms with E-state index in [1.807, 2.05) is 30.5 Å². The highest BCUT2D eigenvalue weighted by atomic mass is 16.3. The fraction of sp³-hybridized carbons (Fsp3) is 0.214. The molecule has 1 aromatic carbocycles. The van der Waals surface area contributed by atoms with Gasteiger partial charge in [0.25, 0.3) is 0 Å². The van der Waals surface area contributed by atoms with Crippen molar-refractivity contribution < 1.29 is 5.11 Å². The lowest BCUT2D eigenvalue weighted by atomic mass is 10.1. The normalized spacial score (nSPS) is 22.4. The lowest BCUT2D eigenvalue weighted by Crippen LogP contribution is -2.01. The second-order valence-corrected chi connectivity index (χ2v) is 4.53. The Morgan fingerprint density at radius 2 is 2.00 bits per heavy atom. The number of nitrogens with two attached hydrogens (primary N) is 1. The first kappa shape index (κ1) is 10.3. The molecule has 1 fully saturated rings. The molecule has 3 nitrogen and oxygen atoms in total. The molecule has 86 valence electrons. The van der Waals surface area contributed by atoms with E-state index in [9.17, 15) is 5.11 Å². The zero-order chi connectivity index (χ0) is 11.8. The van der Waals surface area contributed by atoms with E-state index in [1.54, 1.807) is 12.1 Å². The third-order valence-corrected chi connectivity index (χ3v) is 3.19. The molecule has 0 bridgehead atoms. The van der Waals surface area contributed by atoms with Crippen molar-refractivity contribution >= 4 is 0 Å². The van der Waals surface area contributed by atoms with E-state index in [0.29, 0.717) is 5.92 Å². The number of aromatic hydroxyl groups is 1. The van der Waals surface area contributed by atoms with Crippen molar-refractivity contribution in [3.05, 3.63) is 48.3 Å². The van der Waals surface area contributed by atoms with Crippen LogP contribution in [-0.2, 0) is 0 Å². The molecule has 0 aliphatic heterocycles. The van der Waals surface area contributed by atoms with Gasteiger partial charge < -0.3 is 10.8 Å². The standard InChI is InChI=1S/C14H14N2O/c15-13-7-12(13)14-5-4-10(8-16-14)9-2-1-3-11(17)6-9/h1-6,8,12-13,17H,7,15H2/t12-,13-/m0/s1. The minimum atomic E-state index is 0.274. The van der Waals surface area contributed by atoms with Gasteiger partial charge in [0.2, 0.25) is 0 Å². The van der Waals surface area contributed by atoms with Gasteiger partial charge >= 0.3 is 0 Å². The Labute approximate surface area is 99.9 Å². The van der Waals surface area contributed by atoms with Crippen molar-refractivity contribution in [3.63, 3.8) is 0 Å². The maximum absolute atomic E-state index is 9.42. The highest BCUT2D eigenvalue weighted by Gasteiger charge is 2.35. The van der Waals surface area contributed by atoms with Crippen molar-refractivity contribution in [1.29, 1.82) is 0 Å². The number of hydrogen-bond donors (Lipinski definition) is 2. The first-order valence-electron chi connectivity index (χ1n) is 5.75. The summed E-state index contributed by atoms with van der Waals surface area (Å²) in [7, 11) is 0. The summed E-state index contributed by atoms with van der Waals surface area (Å²) in [4.78, 5) is 4.44. The molecule has 3 heteroatoms. The molecule has 1 saturated carbocycles. The van der Waals surface area contributed by atoms with Crippen molar-refractivity contribution in [2.45, 2.75) is 18.4 Å². The van der Waals surface area contributed by atoms with Crippen LogP contribution in [0.15, 0.2) is 42.6 Å². The van der Waals surface area contributed by atoms with Crippen LogP contribution >= 0.6 is 0 Å². The number of phenolic OH excluding ortho intramolecular Hbond substituents is 1. The second-order valence-electron chi connectivity index (χ2n) is 4.53. The van der Waals surface area contributed by atoms with E-state index in [0.717, 1.165) is 23.2 Å². The van der Waals surface area contributed by atoms with Gasteiger partial charge in [-0.2, -0.15) is 0 Å². The Balaban J connectivity index is 1.89. The number of aromatic nitrogens is 1. The fourth-order valence-electron chi connectivity index (χ4n) is 2.04. The van der Waals surface area contributed by atoms with Crippen LogP contribution in [0.5, 0.6) is 5.75 Å². The molecule has 0 amide bonds. The van der Waals surface area contributed by atoms with Crippen LogP contribution in [0.4, 0.5) is 0 Å². The first-order chi connectivity index (χ1) is 8.24. The third-order valence-electron chi connectivity index (χ3n) is 3.19. The van der Waals surface area contributed by atoms with Gasteiger partial charge in [-0.25, -0.2) is 0 Å². The second kappa shape index (κ2) is 3.86. The Bertz CT molecular complexity index is 536. The van der Waals surface area contributed by atoms with E-state index in [-0.39, 0.29) is 11.8 Å². The van der Waals surface area contributed by atoms with Gasteiger partial charge in [0.15, 0.2) is 0 Å². The summed E-state index contributed by atoms with van der Waals surface area (Å²) in [5, 5.41) is 9.42. The summed E-state index contributed by atoms with van der Waals surface area (Å²) < 4.78 is 0. The average molecular weight is 226 g/mol. The zero-order valence-corrected chi connectivity index (χ0v) is 9.38. The van der Waals surface area contributed by atoms with Crippen LogP contribution in [0, 0.1) is 0 Å².